The van der Waals surface area contributed by atoms with Crippen LogP contribution in [0.2, 0.25) is 0 Å². The fraction of sp³-hybridized carbons (Fsp3) is 0.857. The normalized spacial score (nSPS) is 14.2. The van der Waals surface area contributed by atoms with Gasteiger partial charge in [0.2, 0.25) is 11.7 Å². The van der Waals surface area contributed by atoms with Gasteiger partial charge in [-0.05, 0) is 64.2 Å². The molecule has 2 N–H and O–H groups in total. The van der Waals surface area contributed by atoms with Gasteiger partial charge in [-0.25, -0.2) is 0 Å². The minimum Gasteiger partial charge on any atom is -0.352 e. The number of amidine groups is 1. The van der Waals surface area contributed by atoms with Gasteiger partial charge in [-0.2, -0.15) is 0 Å². The molecule has 0 aromatic heterocycles. The van der Waals surface area contributed by atoms with Crippen molar-refractivity contribution in [2.24, 2.45) is 5.92 Å². The van der Waals surface area contributed by atoms with E-state index in [1.165, 1.54) is 173 Å². The maximum atomic E-state index is 12.6. The van der Waals surface area contributed by atoms with Crippen LogP contribution >= 0.6 is 0 Å². The molecule has 0 bridgehead atoms. The van der Waals surface area contributed by atoms with Crippen LogP contribution in [0.1, 0.15) is 201 Å². The van der Waals surface area contributed by atoms with Gasteiger partial charge in [0.1, 0.15) is 19.6 Å². The maximum Gasteiger partial charge on any atom is 0.244 e. The topological polar surface area (TPSA) is 44.1 Å². The molecule has 1 atom stereocenters. The van der Waals surface area contributed by atoms with E-state index in [1.54, 1.807) is 0 Å². The summed E-state index contributed by atoms with van der Waals surface area (Å²) in [5, 5.41) is 6.83. The molecule has 0 aromatic carbocycles. The molecule has 1 unspecified atom stereocenters. The van der Waals surface area contributed by atoms with Crippen LogP contribution < -0.4 is 10.6 Å². The van der Waals surface area contributed by atoms with Crippen molar-refractivity contribution in [3.05, 3.63) is 24.3 Å². The van der Waals surface area contributed by atoms with E-state index >= 15 is 0 Å². The highest BCUT2D eigenvalue weighted by atomic mass is 16.1. The minimum atomic E-state index is 0.124. The number of carbonyl (C=O) groups is 1. The van der Waals surface area contributed by atoms with Crippen LogP contribution in [0.5, 0.6) is 0 Å². The Morgan fingerprint density at radius 2 is 1.09 bits per heavy atom. The zero-order chi connectivity index (χ0) is 33.2. The smallest absolute Gasteiger partial charge is 0.244 e. The van der Waals surface area contributed by atoms with E-state index in [4.69, 9.17) is 0 Å². The lowest BCUT2D eigenvalue weighted by molar-refractivity contribution is -0.517. The number of amides is 1. The molecule has 4 nitrogen and oxygen atoms in total. The summed E-state index contributed by atoms with van der Waals surface area (Å²) in [5.41, 5.74) is 0. The SMILES string of the molecule is CCCCCCCC/C=C\CCCCCCCCC1=[N+](CCNC(=O)C(C)CCCCCC/C=C\CCCCCCCC)CCN1. The monoisotopic (exact) mass is 643 g/mol. The molecule has 0 aliphatic carbocycles. The van der Waals surface area contributed by atoms with Gasteiger partial charge in [0.15, 0.2) is 0 Å². The average molecular weight is 643 g/mol. The summed E-state index contributed by atoms with van der Waals surface area (Å²) in [5.74, 6) is 1.76. The first-order valence-corrected chi connectivity index (χ1v) is 20.6. The van der Waals surface area contributed by atoms with E-state index in [0.717, 1.165) is 39.0 Å². The summed E-state index contributed by atoms with van der Waals surface area (Å²) in [7, 11) is 0. The van der Waals surface area contributed by atoms with Crippen LogP contribution in [0, 0.1) is 5.92 Å². The predicted octanol–water partition coefficient (Wildman–Crippen LogP) is 11.8. The Morgan fingerprint density at radius 1 is 0.652 bits per heavy atom. The Hall–Kier alpha value is -1.58. The summed E-state index contributed by atoms with van der Waals surface area (Å²) in [4.78, 5) is 12.6. The third-order valence-electron chi connectivity index (χ3n) is 9.80. The third kappa shape index (κ3) is 26.5. The van der Waals surface area contributed by atoms with Crippen LogP contribution in [0.3, 0.4) is 0 Å². The van der Waals surface area contributed by atoms with E-state index < -0.39 is 0 Å². The number of unbranched alkanes of at least 4 members (excludes halogenated alkanes) is 22. The summed E-state index contributed by atoms with van der Waals surface area (Å²) >= 11 is 0. The molecule has 0 radical (unpaired) electrons. The highest BCUT2D eigenvalue weighted by Crippen LogP contribution is 2.14. The van der Waals surface area contributed by atoms with Crippen molar-refractivity contribution in [2.75, 3.05) is 26.2 Å². The number of nitrogens with one attached hydrogen (secondary N) is 2. The molecule has 0 saturated carbocycles. The highest BCUT2D eigenvalue weighted by molar-refractivity contribution is 5.78. The molecule has 4 heteroatoms. The number of hydrogen-bond donors (Lipinski definition) is 2. The second-order valence-electron chi connectivity index (χ2n) is 14.3. The molecular formula is C42H80N3O+. The molecular weight excluding hydrogens is 562 g/mol. The fourth-order valence-electron chi connectivity index (χ4n) is 6.58. The lowest BCUT2D eigenvalue weighted by Crippen LogP contribution is -2.35. The van der Waals surface area contributed by atoms with E-state index in [1.807, 2.05) is 0 Å². The van der Waals surface area contributed by atoms with E-state index in [-0.39, 0.29) is 11.8 Å². The van der Waals surface area contributed by atoms with Gasteiger partial charge in [-0.15, -0.1) is 0 Å². The van der Waals surface area contributed by atoms with Crippen LogP contribution in [0.15, 0.2) is 24.3 Å². The second kappa shape index (κ2) is 33.3. The Bertz CT molecular complexity index is 771. The lowest BCUT2D eigenvalue weighted by atomic mass is 10.0. The number of carbonyl (C=O) groups excluding carboxylic acids is 1. The summed E-state index contributed by atoms with van der Waals surface area (Å²) in [6, 6.07) is 0. The van der Waals surface area contributed by atoms with Crippen LogP contribution in [-0.4, -0.2) is 42.5 Å². The summed E-state index contributed by atoms with van der Waals surface area (Å²) < 4.78 is 2.46. The van der Waals surface area contributed by atoms with E-state index in [0.29, 0.717) is 0 Å². The Morgan fingerprint density at radius 3 is 1.59 bits per heavy atom. The van der Waals surface area contributed by atoms with Crippen molar-refractivity contribution in [1.29, 1.82) is 0 Å². The molecule has 1 aliphatic heterocycles. The van der Waals surface area contributed by atoms with Gasteiger partial charge >= 0.3 is 0 Å². The quantitative estimate of drug-likeness (QED) is 0.0417. The van der Waals surface area contributed by atoms with Crippen molar-refractivity contribution in [3.63, 3.8) is 0 Å². The van der Waals surface area contributed by atoms with Gasteiger partial charge in [-0.1, -0.05) is 154 Å². The molecule has 1 amide bonds. The van der Waals surface area contributed by atoms with Crippen molar-refractivity contribution in [1.82, 2.24) is 10.6 Å². The zero-order valence-electron chi connectivity index (χ0n) is 31.4. The largest absolute Gasteiger partial charge is 0.352 e. The van der Waals surface area contributed by atoms with Gasteiger partial charge < -0.3 is 5.32 Å². The third-order valence-corrected chi connectivity index (χ3v) is 9.80. The maximum absolute atomic E-state index is 12.6. The van der Waals surface area contributed by atoms with Gasteiger partial charge in [0.05, 0.1) is 6.54 Å². The summed E-state index contributed by atoms with van der Waals surface area (Å²) in [6.45, 7) is 10.5. The van der Waals surface area contributed by atoms with E-state index in [9.17, 15) is 4.79 Å². The van der Waals surface area contributed by atoms with Crippen molar-refractivity contribution in [2.45, 2.75) is 201 Å². The molecule has 0 fully saturated rings. The lowest BCUT2D eigenvalue weighted by Gasteiger charge is -2.12. The molecule has 1 rings (SSSR count). The average Bonchev–Trinajstić information content (AvgIpc) is 3.51. The number of allylic oxidation sites excluding steroid dienone is 4. The molecule has 0 aromatic rings. The standard InChI is InChI=1S/C42H79N3O/c1-4-6-8-10-12-14-16-18-20-21-23-25-27-29-31-33-35-41-43-36-38-45(41)39-37-44-42(46)40(3)34-32-30-28-26-24-22-19-17-15-13-11-9-7-5-2/h18-20,22,40H,4-17,21,23-39H2,1-3H3,(H,44,46)/p+1/b20-18-,22-19-. The summed E-state index contributed by atoms with van der Waals surface area (Å²) in [6.07, 6.45) is 46.5. The first kappa shape index (κ1) is 42.4. The van der Waals surface area contributed by atoms with Crippen molar-refractivity contribution >= 4 is 11.7 Å². The molecule has 1 heterocycles. The van der Waals surface area contributed by atoms with Crippen LogP contribution in [0.4, 0.5) is 0 Å². The number of nitrogens with zero attached hydrogens (tertiary/aromatic N) is 1. The molecule has 46 heavy (non-hydrogen) atoms. The van der Waals surface area contributed by atoms with Crippen molar-refractivity contribution < 1.29 is 9.37 Å². The van der Waals surface area contributed by atoms with Gasteiger partial charge in [0, 0.05) is 12.3 Å². The molecule has 1 aliphatic rings. The number of rotatable bonds is 34. The Kier molecular flexibility index (Phi) is 30.7. The Balaban J connectivity index is 1.97. The first-order chi connectivity index (χ1) is 22.7. The highest BCUT2D eigenvalue weighted by Gasteiger charge is 2.20. The first-order valence-electron chi connectivity index (χ1n) is 20.6. The number of hydrogen-bond acceptors (Lipinski definition) is 2. The zero-order valence-corrected chi connectivity index (χ0v) is 31.4. The van der Waals surface area contributed by atoms with Gasteiger partial charge in [-0.3, -0.25) is 14.7 Å². The van der Waals surface area contributed by atoms with Crippen LogP contribution in [0.25, 0.3) is 0 Å². The molecule has 0 saturated heterocycles. The molecule has 0 spiro atoms. The molecule has 268 valence electrons. The van der Waals surface area contributed by atoms with Crippen LogP contribution in [-0.2, 0) is 4.79 Å². The fourth-order valence-corrected chi connectivity index (χ4v) is 6.58. The van der Waals surface area contributed by atoms with Gasteiger partial charge in [0.25, 0.3) is 0 Å². The second-order valence-corrected chi connectivity index (χ2v) is 14.3. The van der Waals surface area contributed by atoms with E-state index in [2.05, 4.69) is 60.3 Å². The Labute approximate surface area is 288 Å². The minimum absolute atomic E-state index is 0.124. The predicted molar refractivity (Wildman–Crippen MR) is 204 cm³/mol. The van der Waals surface area contributed by atoms with Crippen molar-refractivity contribution in [3.8, 4) is 0 Å².